The lowest BCUT2D eigenvalue weighted by molar-refractivity contribution is 0.582. The number of hydrogen-bond acceptors (Lipinski definition) is 9. The minimum Gasteiger partial charge on any atom is -0.383 e. The average molecular weight is 535 g/mol. The predicted molar refractivity (Wildman–Crippen MR) is 148 cm³/mol. The van der Waals surface area contributed by atoms with Crippen molar-refractivity contribution in [2.75, 3.05) is 5.73 Å². The second-order valence-electron chi connectivity index (χ2n) is 9.05. The highest BCUT2D eigenvalue weighted by atomic mass is 19.1. The number of nitrogens with one attached hydrogen (secondary N) is 1. The second-order valence-corrected chi connectivity index (χ2v) is 9.05. The van der Waals surface area contributed by atoms with E-state index in [4.69, 9.17) is 10.8 Å². The highest BCUT2D eigenvalue weighted by Crippen LogP contribution is 2.37. The fourth-order valence-corrected chi connectivity index (χ4v) is 4.98. The van der Waals surface area contributed by atoms with Crippen LogP contribution in [0, 0.1) is 5.82 Å². The maximum Gasteiger partial charge on any atom is 0.204 e. The van der Waals surface area contributed by atoms with Crippen molar-refractivity contribution in [3.63, 3.8) is 0 Å². The zero-order chi connectivity index (χ0) is 26.5. The number of anilines is 1. The Morgan fingerprint density at radius 1 is 0.975 bits per heavy atom. The molecule has 1 atom stereocenters. The van der Waals surface area contributed by atoms with Gasteiger partial charge in [-0.1, -0.05) is 12.1 Å². The first kappa shape index (κ1) is 24.8. The van der Waals surface area contributed by atoms with Crippen LogP contribution in [0.2, 0.25) is 0 Å². The Morgan fingerprint density at radius 2 is 1.82 bits per heavy atom. The standard InChI is InChI=1S/C27H20FN11.H3N/c1-15(20-13-19-6-3-5-9-38(19)24(20)21-7-2-4-8-30-21)39-27-22(25(29)31-14-32-27)23(35-39)16-10-17(12-18(28)11-16)26-33-36-37-34-26;/h2-15H,1H3,(H2,29,31,32)(H,33,34,36,37);1H3. The van der Waals surface area contributed by atoms with Gasteiger partial charge in [-0.15, -0.1) is 10.2 Å². The number of nitrogen functional groups attached to an aromatic ring is 1. The number of fused-ring (bicyclic) bond motifs is 2. The third-order valence-electron chi connectivity index (χ3n) is 6.73. The molecule has 13 heteroatoms. The Kier molecular flexibility index (Phi) is 5.96. The molecule has 6 aromatic heterocycles. The molecule has 0 radical (unpaired) electrons. The summed E-state index contributed by atoms with van der Waals surface area (Å²) in [6.45, 7) is 2.03. The fraction of sp³-hybridized carbons (Fsp3) is 0.0741. The van der Waals surface area contributed by atoms with Crippen LogP contribution in [0.5, 0.6) is 0 Å². The fourth-order valence-electron chi connectivity index (χ4n) is 4.98. The molecule has 0 aliphatic heterocycles. The van der Waals surface area contributed by atoms with Crippen LogP contribution in [0.15, 0.2) is 79.4 Å². The van der Waals surface area contributed by atoms with Crippen LogP contribution in [0.1, 0.15) is 18.5 Å². The lowest BCUT2D eigenvalue weighted by Crippen LogP contribution is -2.10. The molecular formula is C27H23FN12. The molecule has 0 fully saturated rings. The summed E-state index contributed by atoms with van der Waals surface area (Å²) in [7, 11) is 0. The lowest BCUT2D eigenvalue weighted by Gasteiger charge is -2.15. The topological polar surface area (TPSA) is 176 Å². The average Bonchev–Trinajstić information content (AvgIpc) is 3.71. The van der Waals surface area contributed by atoms with E-state index >= 15 is 0 Å². The molecule has 198 valence electrons. The zero-order valence-electron chi connectivity index (χ0n) is 21.3. The molecule has 1 aromatic carbocycles. The highest BCUT2D eigenvalue weighted by molar-refractivity contribution is 5.98. The van der Waals surface area contributed by atoms with E-state index in [1.165, 1.54) is 18.5 Å². The molecule has 7 aromatic rings. The Labute approximate surface area is 226 Å². The number of tetrazole rings is 1. The van der Waals surface area contributed by atoms with Gasteiger partial charge in [0.1, 0.15) is 23.7 Å². The number of H-pyrrole nitrogens is 1. The SMILES string of the molecule is CC(c1cc2ccccn2c1-c1ccccn1)n1nc(-c2cc(F)cc(-c3nn[nH]n3)c2)c2c(N)ncnc21.N. The van der Waals surface area contributed by atoms with Gasteiger partial charge < -0.3 is 16.3 Å². The number of benzene rings is 1. The summed E-state index contributed by atoms with van der Waals surface area (Å²) >= 11 is 0. The molecule has 0 bridgehead atoms. The van der Waals surface area contributed by atoms with Crippen LogP contribution in [-0.4, -0.2) is 49.8 Å². The maximum absolute atomic E-state index is 14.8. The minimum absolute atomic E-state index is 0. The van der Waals surface area contributed by atoms with Gasteiger partial charge in [-0.3, -0.25) is 4.98 Å². The number of halogens is 1. The maximum atomic E-state index is 14.8. The van der Waals surface area contributed by atoms with Gasteiger partial charge in [0.2, 0.25) is 5.82 Å². The van der Waals surface area contributed by atoms with E-state index in [1.54, 1.807) is 16.9 Å². The van der Waals surface area contributed by atoms with E-state index in [0.717, 1.165) is 22.5 Å². The number of rotatable bonds is 5. The van der Waals surface area contributed by atoms with Crippen molar-refractivity contribution in [3.8, 4) is 34.0 Å². The molecule has 7 rings (SSSR count). The second kappa shape index (κ2) is 9.63. The van der Waals surface area contributed by atoms with Gasteiger partial charge in [0.25, 0.3) is 0 Å². The Bertz CT molecular complexity index is 1960. The van der Waals surface area contributed by atoms with E-state index < -0.39 is 5.82 Å². The number of hydrogen-bond donors (Lipinski definition) is 3. The van der Waals surface area contributed by atoms with Crippen LogP contribution >= 0.6 is 0 Å². The van der Waals surface area contributed by atoms with Crippen LogP contribution in [0.25, 0.3) is 50.6 Å². The summed E-state index contributed by atoms with van der Waals surface area (Å²) in [6, 6.07) is 18.1. The van der Waals surface area contributed by atoms with Gasteiger partial charge in [-0.2, -0.15) is 10.3 Å². The van der Waals surface area contributed by atoms with Gasteiger partial charge in [0, 0.05) is 34.6 Å². The normalized spacial score (nSPS) is 12.1. The van der Waals surface area contributed by atoms with Crippen molar-refractivity contribution in [2.24, 2.45) is 0 Å². The molecule has 0 aliphatic rings. The summed E-state index contributed by atoms with van der Waals surface area (Å²) in [4.78, 5) is 13.4. The van der Waals surface area contributed by atoms with Crippen molar-refractivity contribution < 1.29 is 4.39 Å². The van der Waals surface area contributed by atoms with E-state index in [9.17, 15) is 4.39 Å². The van der Waals surface area contributed by atoms with Crippen molar-refractivity contribution in [1.29, 1.82) is 0 Å². The zero-order valence-corrected chi connectivity index (χ0v) is 21.3. The third-order valence-corrected chi connectivity index (χ3v) is 6.73. The van der Waals surface area contributed by atoms with Gasteiger partial charge in [-0.05, 0) is 60.7 Å². The summed E-state index contributed by atoms with van der Waals surface area (Å²) in [5.74, 6) is 0.0259. The number of nitrogens with zero attached hydrogens (tertiary/aromatic N) is 9. The monoisotopic (exact) mass is 534 g/mol. The molecule has 40 heavy (non-hydrogen) atoms. The largest absolute Gasteiger partial charge is 0.383 e. The molecule has 0 saturated carbocycles. The highest BCUT2D eigenvalue weighted by Gasteiger charge is 2.25. The van der Waals surface area contributed by atoms with Crippen LogP contribution in [0.4, 0.5) is 10.2 Å². The van der Waals surface area contributed by atoms with Crippen LogP contribution < -0.4 is 11.9 Å². The van der Waals surface area contributed by atoms with Gasteiger partial charge in [-0.25, -0.2) is 19.0 Å². The quantitative estimate of drug-likeness (QED) is 0.287. The Balaban J connectivity index is 0.00000289. The number of pyridine rings is 2. The molecule has 1 unspecified atom stereocenters. The van der Waals surface area contributed by atoms with Gasteiger partial charge >= 0.3 is 0 Å². The molecular weight excluding hydrogens is 511 g/mol. The van der Waals surface area contributed by atoms with E-state index in [2.05, 4.69) is 46.0 Å². The molecule has 12 nitrogen and oxygen atoms in total. The van der Waals surface area contributed by atoms with Gasteiger partial charge in [0.15, 0.2) is 5.65 Å². The van der Waals surface area contributed by atoms with E-state index in [-0.39, 0.29) is 23.8 Å². The summed E-state index contributed by atoms with van der Waals surface area (Å²) in [6.07, 6.45) is 5.18. The number of aromatic amines is 1. The van der Waals surface area contributed by atoms with Crippen LogP contribution in [-0.2, 0) is 0 Å². The molecule has 0 spiro atoms. The minimum atomic E-state index is -0.477. The predicted octanol–water partition coefficient (Wildman–Crippen LogP) is 4.48. The number of nitrogens with two attached hydrogens (primary N) is 1. The van der Waals surface area contributed by atoms with Crippen molar-refractivity contribution in [1.82, 2.24) is 55.9 Å². The first-order valence-corrected chi connectivity index (χ1v) is 12.1. The van der Waals surface area contributed by atoms with Gasteiger partial charge in [0.05, 0.1) is 22.8 Å². The van der Waals surface area contributed by atoms with Crippen LogP contribution in [0.3, 0.4) is 0 Å². The number of aromatic nitrogens is 10. The van der Waals surface area contributed by atoms with Crippen molar-refractivity contribution >= 4 is 22.4 Å². The Morgan fingerprint density at radius 3 is 2.62 bits per heavy atom. The Hall–Kier alpha value is -5.56. The van der Waals surface area contributed by atoms with E-state index in [1.807, 2.05) is 49.5 Å². The van der Waals surface area contributed by atoms with Crippen molar-refractivity contribution in [3.05, 3.63) is 90.8 Å². The molecule has 0 amide bonds. The lowest BCUT2D eigenvalue weighted by atomic mass is 10.1. The first-order chi connectivity index (χ1) is 19.1. The van der Waals surface area contributed by atoms with E-state index in [0.29, 0.717) is 27.9 Å². The molecule has 0 saturated heterocycles. The smallest absolute Gasteiger partial charge is 0.204 e. The third kappa shape index (κ3) is 3.92. The molecule has 0 aliphatic carbocycles. The molecule has 6 heterocycles. The first-order valence-electron chi connectivity index (χ1n) is 12.1. The molecule has 6 N–H and O–H groups in total. The summed E-state index contributed by atoms with van der Waals surface area (Å²) < 4.78 is 18.7. The summed E-state index contributed by atoms with van der Waals surface area (Å²) in [5, 5.41) is 19.4. The van der Waals surface area contributed by atoms with Crippen molar-refractivity contribution in [2.45, 2.75) is 13.0 Å². The summed E-state index contributed by atoms with van der Waals surface area (Å²) in [5.41, 5.74) is 12.0.